The van der Waals surface area contributed by atoms with E-state index in [9.17, 15) is 13.8 Å². The first-order chi connectivity index (χ1) is 23.7. The number of hydrogen-bond acceptors (Lipinski definition) is 6. The number of unbranched alkanes of at least 4 members (excludes halogenated alkanes) is 4. The zero-order valence-corrected chi connectivity index (χ0v) is 30.5. The zero-order valence-electron chi connectivity index (χ0n) is 28.1. The Hall–Kier alpha value is -3.47. The molecule has 2 N–H and O–H groups in total. The van der Waals surface area contributed by atoms with Crippen molar-refractivity contribution in [3.05, 3.63) is 87.4 Å². The maximum atomic E-state index is 12.3. The van der Waals surface area contributed by atoms with Crippen molar-refractivity contribution < 1.29 is 28.6 Å². The number of benzene rings is 2. The SMILES string of the molecule is CS(=O)c1ccc2c(c1)N(CCCCCC(=O)O)C(=CC1=CC3=CC(=Cc4sc5ccccc5[n+]4CCCCCC(=O)O)CCC3CC1)S2. The van der Waals surface area contributed by atoms with E-state index in [0.29, 0.717) is 18.8 Å². The first-order valence-electron chi connectivity index (χ1n) is 17.4. The molecule has 2 heterocycles. The van der Waals surface area contributed by atoms with Gasteiger partial charge >= 0.3 is 11.9 Å². The number of rotatable bonds is 15. The first kappa shape index (κ1) is 35.4. The number of carbonyl (C=O) groups is 2. The van der Waals surface area contributed by atoms with Crippen molar-refractivity contribution in [2.45, 2.75) is 93.4 Å². The standard InChI is InChI=1S/C39H44N2O5S3/c1-49(46)31-18-19-35-33(26-31)41(21-9-3-5-13-39(44)45)37(48-35)25-28-15-17-29-16-14-27(22-30(29)23-28)24-36-40(20-8-2-4-12-38(42)43)32-10-6-7-11-34(32)47-36/h6-7,10-11,18-19,22-26,29H,2-5,8-9,12-17,20-21H2,1H3,(H-,42,43,44,45)/p+1. The largest absolute Gasteiger partial charge is 0.481 e. The minimum Gasteiger partial charge on any atom is -0.481 e. The number of hydrogen-bond donors (Lipinski definition) is 2. The second-order valence-electron chi connectivity index (χ2n) is 13.1. The number of thioether (sulfide) groups is 1. The highest BCUT2D eigenvalue weighted by Crippen LogP contribution is 2.48. The molecule has 258 valence electrons. The first-order valence-corrected chi connectivity index (χ1v) is 20.6. The number of carboxylic acid groups (broad SMARTS) is 2. The Morgan fingerprint density at radius 3 is 2.47 bits per heavy atom. The Morgan fingerprint density at radius 2 is 1.69 bits per heavy atom. The normalized spacial score (nSPS) is 19.5. The predicted octanol–water partition coefficient (Wildman–Crippen LogP) is 9.11. The summed E-state index contributed by atoms with van der Waals surface area (Å²) < 4.78 is 16.0. The van der Waals surface area contributed by atoms with Gasteiger partial charge in [0.15, 0.2) is 6.54 Å². The Morgan fingerprint density at radius 1 is 0.939 bits per heavy atom. The van der Waals surface area contributed by atoms with Gasteiger partial charge in [-0.2, -0.15) is 4.57 Å². The number of para-hydroxylation sites is 1. The molecule has 49 heavy (non-hydrogen) atoms. The summed E-state index contributed by atoms with van der Waals surface area (Å²) in [6.45, 7) is 1.68. The highest BCUT2D eigenvalue weighted by atomic mass is 32.2. The lowest BCUT2D eigenvalue weighted by Crippen LogP contribution is -2.35. The zero-order chi connectivity index (χ0) is 34.3. The van der Waals surface area contributed by atoms with E-state index in [4.69, 9.17) is 10.2 Å². The molecule has 0 amide bonds. The number of fused-ring (bicyclic) bond motifs is 3. The van der Waals surface area contributed by atoms with Gasteiger partial charge in [-0.05, 0) is 104 Å². The molecule has 7 nitrogen and oxygen atoms in total. The summed E-state index contributed by atoms with van der Waals surface area (Å²) in [6, 6.07) is 14.6. The predicted molar refractivity (Wildman–Crippen MR) is 200 cm³/mol. The van der Waals surface area contributed by atoms with Gasteiger partial charge in [-0.15, -0.1) is 0 Å². The Balaban J connectivity index is 1.23. The van der Waals surface area contributed by atoms with Crippen molar-refractivity contribution in [3.63, 3.8) is 0 Å². The van der Waals surface area contributed by atoms with Gasteiger partial charge in [-0.25, -0.2) is 0 Å². The van der Waals surface area contributed by atoms with Crippen molar-refractivity contribution in [1.29, 1.82) is 0 Å². The van der Waals surface area contributed by atoms with E-state index >= 15 is 0 Å². The van der Waals surface area contributed by atoms with E-state index in [1.807, 2.05) is 17.4 Å². The summed E-state index contributed by atoms with van der Waals surface area (Å²) in [7, 11) is -1.07. The number of anilines is 1. The fourth-order valence-electron chi connectivity index (χ4n) is 6.99. The molecule has 0 fully saturated rings. The molecule has 3 aromatic rings. The molecule has 1 aliphatic heterocycles. The van der Waals surface area contributed by atoms with Gasteiger partial charge < -0.3 is 15.1 Å². The van der Waals surface area contributed by atoms with Crippen LogP contribution in [-0.4, -0.2) is 39.2 Å². The van der Waals surface area contributed by atoms with Crippen LogP contribution in [0.3, 0.4) is 0 Å². The van der Waals surface area contributed by atoms with Crippen molar-refractivity contribution in [2.75, 3.05) is 17.7 Å². The van der Waals surface area contributed by atoms with Crippen molar-refractivity contribution >= 4 is 67.8 Å². The maximum absolute atomic E-state index is 12.3. The van der Waals surface area contributed by atoms with Crippen LogP contribution in [0, 0.1) is 5.92 Å². The molecule has 0 saturated heterocycles. The smallest absolute Gasteiger partial charge is 0.303 e. The van der Waals surface area contributed by atoms with Crippen LogP contribution in [0.25, 0.3) is 16.3 Å². The van der Waals surface area contributed by atoms with E-state index in [-0.39, 0.29) is 12.8 Å². The number of allylic oxidation sites excluding steroid dienone is 6. The third-order valence-corrected chi connectivity index (χ3v) is 12.7. The fraction of sp³-hybridized carbons (Fsp3) is 0.410. The number of aryl methyl sites for hydroxylation is 1. The molecular weight excluding hydrogens is 673 g/mol. The molecule has 3 aliphatic rings. The van der Waals surface area contributed by atoms with Crippen molar-refractivity contribution in [3.8, 4) is 0 Å². The minimum absolute atomic E-state index is 0.199. The van der Waals surface area contributed by atoms with Crippen LogP contribution < -0.4 is 9.47 Å². The Kier molecular flexibility index (Phi) is 11.9. The highest BCUT2D eigenvalue weighted by Gasteiger charge is 2.28. The molecule has 0 saturated carbocycles. The molecule has 2 aliphatic carbocycles. The Labute approximate surface area is 299 Å². The molecule has 0 bridgehead atoms. The number of thiazole rings is 1. The van der Waals surface area contributed by atoms with Gasteiger partial charge in [-0.1, -0.05) is 53.8 Å². The molecule has 1 aromatic heterocycles. The van der Waals surface area contributed by atoms with Gasteiger partial charge in [0.2, 0.25) is 5.52 Å². The maximum Gasteiger partial charge on any atom is 0.303 e. The quantitative estimate of drug-likeness (QED) is 0.120. The molecule has 10 heteroatoms. The topological polar surface area (TPSA) is 98.8 Å². The summed E-state index contributed by atoms with van der Waals surface area (Å²) in [5, 5.41) is 20.5. The van der Waals surface area contributed by atoms with Crippen LogP contribution >= 0.6 is 23.1 Å². The second-order valence-corrected chi connectivity index (χ2v) is 16.6. The summed E-state index contributed by atoms with van der Waals surface area (Å²) in [5.41, 5.74) is 6.42. The number of aromatic nitrogens is 1. The third-order valence-electron chi connectivity index (χ3n) is 9.57. The molecule has 0 spiro atoms. The molecule has 2 aromatic carbocycles. The fourth-order valence-corrected chi connectivity index (χ4v) is 9.84. The third kappa shape index (κ3) is 9.01. The average Bonchev–Trinajstić information content (AvgIpc) is 3.60. The summed E-state index contributed by atoms with van der Waals surface area (Å²) in [5.74, 6) is -0.898. The van der Waals surface area contributed by atoms with E-state index in [0.717, 1.165) is 75.0 Å². The van der Waals surface area contributed by atoms with Crippen LogP contribution in [0.1, 0.15) is 82.1 Å². The lowest BCUT2D eigenvalue weighted by Gasteiger charge is -2.29. The molecule has 2 atom stereocenters. The lowest BCUT2D eigenvalue weighted by atomic mass is 9.77. The number of carboxylic acids is 2. The van der Waals surface area contributed by atoms with E-state index < -0.39 is 22.7 Å². The average molecular weight is 718 g/mol. The number of aliphatic carboxylic acids is 2. The van der Waals surface area contributed by atoms with Crippen LogP contribution in [0.4, 0.5) is 5.69 Å². The van der Waals surface area contributed by atoms with Crippen LogP contribution in [0.5, 0.6) is 0 Å². The Bertz CT molecular complexity index is 1870. The molecule has 6 rings (SSSR count). The minimum atomic E-state index is -1.07. The lowest BCUT2D eigenvalue weighted by molar-refractivity contribution is -0.669. The van der Waals surface area contributed by atoms with Crippen molar-refractivity contribution in [1.82, 2.24) is 0 Å². The van der Waals surface area contributed by atoms with Gasteiger partial charge in [0.05, 0.1) is 10.7 Å². The summed E-state index contributed by atoms with van der Waals surface area (Å²) in [4.78, 5) is 26.3. The van der Waals surface area contributed by atoms with E-state index in [2.05, 4.69) is 70.2 Å². The summed E-state index contributed by atoms with van der Waals surface area (Å²) >= 11 is 3.59. The van der Waals surface area contributed by atoms with Crippen molar-refractivity contribution in [2.24, 2.45) is 5.92 Å². The van der Waals surface area contributed by atoms with Crippen LogP contribution in [0.2, 0.25) is 0 Å². The highest BCUT2D eigenvalue weighted by molar-refractivity contribution is 8.03. The van der Waals surface area contributed by atoms with Gasteiger partial charge in [0.1, 0.15) is 4.70 Å². The number of nitrogens with zero attached hydrogens (tertiary/aromatic N) is 2. The van der Waals surface area contributed by atoms with E-state index in [1.54, 1.807) is 18.0 Å². The van der Waals surface area contributed by atoms with Gasteiger partial charge in [-0.3, -0.25) is 13.8 Å². The van der Waals surface area contributed by atoms with Gasteiger partial charge in [0.25, 0.3) is 5.01 Å². The van der Waals surface area contributed by atoms with Gasteiger partial charge in [0, 0.05) is 64.8 Å². The summed E-state index contributed by atoms with van der Waals surface area (Å²) in [6.07, 6.45) is 21.0. The monoisotopic (exact) mass is 717 g/mol. The van der Waals surface area contributed by atoms with Crippen LogP contribution in [-0.2, 0) is 26.9 Å². The molecular formula is C39H45N2O5S3+. The molecule has 0 radical (unpaired) electrons. The molecule has 2 unspecified atom stereocenters. The van der Waals surface area contributed by atoms with Crippen LogP contribution in [0.15, 0.2) is 92.2 Å². The van der Waals surface area contributed by atoms with E-state index in [1.165, 1.54) is 41.9 Å². The second kappa shape index (κ2) is 16.5.